The van der Waals surface area contributed by atoms with Gasteiger partial charge in [0, 0.05) is 11.1 Å². The minimum atomic E-state index is -0.516. The summed E-state index contributed by atoms with van der Waals surface area (Å²) in [6.07, 6.45) is 1.57. The third kappa shape index (κ3) is 2.41. The predicted molar refractivity (Wildman–Crippen MR) is 78.1 cm³/mol. The van der Waals surface area contributed by atoms with Crippen molar-refractivity contribution in [3.63, 3.8) is 0 Å². The molecule has 6 nitrogen and oxygen atoms in total. The number of hydrogen-bond donors (Lipinski definition) is 0. The van der Waals surface area contributed by atoms with Gasteiger partial charge in [-0.2, -0.15) is 9.38 Å². The second kappa shape index (κ2) is 5.06. The molecule has 2 aromatic heterocycles. The van der Waals surface area contributed by atoms with Gasteiger partial charge in [-0.1, -0.05) is 17.7 Å². The van der Waals surface area contributed by atoms with E-state index in [4.69, 9.17) is 16.3 Å². The molecule has 1 aromatic carbocycles. The second-order valence-electron chi connectivity index (χ2n) is 4.44. The van der Waals surface area contributed by atoms with E-state index in [0.717, 1.165) is 5.56 Å². The maximum absolute atomic E-state index is 11.3. The average Bonchev–Trinajstić information content (AvgIpc) is 2.80. The number of fused-ring (bicyclic) bond motifs is 1. The molecule has 0 radical (unpaired) electrons. The fourth-order valence-electron chi connectivity index (χ4n) is 1.99. The summed E-state index contributed by atoms with van der Waals surface area (Å²) >= 11 is 5.95. The van der Waals surface area contributed by atoms with Crippen molar-refractivity contribution >= 4 is 23.1 Å². The lowest BCUT2D eigenvalue weighted by atomic mass is 10.2. The second-order valence-corrected chi connectivity index (χ2v) is 4.85. The van der Waals surface area contributed by atoms with Gasteiger partial charge in [-0.25, -0.2) is 0 Å². The maximum Gasteiger partial charge on any atom is 0.392 e. The Labute approximate surface area is 124 Å². The highest BCUT2D eigenvalue weighted by Gasteiger charge is 2.24. The molecule has 0 unspecified atom stereocenters. The van der Waals surface area contributed by atoms with E-state index in [-0.39, 0.29) is 11.7 Å². The molecule has 106 valence electrons. The predicted octanol–water partition coefficient (Wildman–Crippen LogP) is 4.00. The minimum absolute atomic E-state index is 0.0482. The monoisotopic (exact) mass is 303 g/mol. The maximum atomic E-state index is 11.3. The van der Waals surface area contributed by atoms with Crippen molar-refractivity contribution in [2.24, 2.45) is 0 Å². The zero-order valence-electron chi connectivity index (χ0n) is 11.0. The van der Waals surface area contributed by atoms with E-state index in [1.54, 1.807) is 42.6 Å². The quantitative estimate of drug-likeness (QED) is 0.541. The third-order valence-electron chi connectivity index (χ3n) is 2.99. The summed E-state index contributed by atoms with van der Waals surface area (Å²) in [5.74, 6) is 0.189. The van der Waals surface area contributed by atoms with Crippen molar-refractivity contribution in [1.29, 1.82) is 0 Å². The van der Waals surface area contributed by atoms with Crippen LogP contribution in [0.3, 0.4) is 0 Å². The number of halogens is 1. The normalized spacial score (nSPS) is 10.8. The van der Waals surface area contributed by atoms with Crippen LogP contribution < -0.4 is 4.74 Å². The van der Waals surface area contributed by atoms with Gasteiger partial charge in [0.15, 0.2) is 0 Å². The van der Waals surface area contributed by atoms with Crippen molar-refractivity contribution in [2.75, 3.05) is 0 Å². The molecular formula is C14H10ClN3O3. The molecule has 0 aliphatic rings. The summed E-state index contributed by atoms with van der Waals surface area (Å²) in [6.45, 7) is 1.83. The number of imidazole rings is 1. The van der Waals surface area contributed by atoms with Crippen LogP contribution in [0.1, 0.15) is 5.56 Å². The summed E-state index contributed by atoms with van der Waals surface area (Å²) in [5, 5.41) is 11.9. The molecule has 0 amide bonds. The molecule has 0 bridgehead atoms. The number of aromatic nitrogens is 2. The van der Waals surface area contributed by atoms with Crippen molar-refractivity contribution < 1.29 is 9.66 Å². The summed E-state index contributed by atoms with van der Waals surface area (Å²) in [5.41, 5.74) is 1.27. The van der Waals surface area contributed by atoms with E-state index < -0.39 is 4.92 Å². The van der Waals surface area contributed by atoms with Crippen LogP contribution in [0.4, 0.5) is 5.82 Å². The lowest BCUT2D eigenvalue weighted by Gasteiger charge is -2.04. The molecule has 0 atom stereocenters. The molecule has 0 saturated heterocycles. The molecule has 0 spiro atoms. The Hall–Kier alpha value is -2.60. The van der Waals surface area contributed by atoms with Crippen LogP contribution in [0, 0.1) is 17.0 Å². The van der Waals surface area contributed by atoms with Gasteiger partial charge in [0.05, 0.1) is 6.20 Å². The van der Waals surface area contributed by atoms with Crippen LogP contribution in [0.15, 0.2) is 42.6 Å². The van der Waals surface area contributed by atoms with Gasteiger partial charge >= 0.3 is 11.7 Å². The molecule has 0 fully saturated rings. The lowest BCUT2D eigenvalue weighted by molar-refractivity contribution is -0.391. The van der Waals surface area contributed by atoms with E-state index in [2.05, 4.69) is 4.98 Å². The fraction of sp³-hybridized carbons (Fsp3) is 0.0714. The molecule has 0 aliphatic heterocycles. The van der Waals surface area contributed by atoms with E-state index in [0.29, 0.717) is 16.4 Å². The van der Waals surface area contributed by atoms with Gasteiger partial charge in [-0.3, -0.25) is 0 Å². The molecule has 3 rings (SSSR count). The topological polar surface area (TPSA) is 69.7 Å². The highest BCUT2D eigenvalue weighted by atomic mass is 35.5. The summed E-state index contributed by atoms with van der Waals surface area (Å²) < 4.78 is 6.93. The SMILES string of the molecule is Cc1cc(Oc2nc3ccccn3c2[N+](=O)[O-])ccc1Cl. The zero-order valence-corrected chi connectivity index (χ0v) is 11.7. The zero-order chi connectivity index (χ0) is 15.0. The van der Waals surface area contributed by atoms with Crippen molar-refractivity contribution in [2.45, 2.75) is 6.92 Å². The Bertz CT molecular complexity index is 845. The number of benzene rings is 1. The first-order valence-electron chi connectivity index (χ1n) is 6.12. The van der Waals surface area contributed by atoms with Crippen molar-refractivity contribution in [3.05, 3.63) is 63.3 Å². The van der Waals surface area contributed by atoms with Gasteiger partial charge in [0.25, 0.3) is 0 Å². The molecular weight excluding hydrogens is 294 g/mol. The Morgan fingerprint density at radius 1 is 1.33 bits per heavy atom. The van der Waals surface area contributed by atoms with Crippen LogP contribution in [-0.4, -0.2) is 14.3 Å². The fourth-order valence-corrected chi connectivity index (χ4v) is 2.11. The Morgan fingerprint density at radius 3 is 2.86 bits per heavy atom. The van der Waals surface area contributed by atoms with Gasteiger partial charge in [0.1, 0.15) is 5.75 Å². The van der Waals surface area contributed by atoms with Gasteiger partial charge in [0.2, 0.25) is 5.65 Å². The minimum Gasteiger partial charge on any atom is -0.433 e. The summed E-state index contributed by atoms with van der Waals surface area (Å²) in [4.78, 5) is 14.9. The molecule has 2 heterocycles. The van der Waals surface area contributed by atoms with Gasteiger partial charge in [-0.15, -0.1) is 0 Å². The first-order chi connectivity index (χ1) is 10.1. The highest BCUT2D eigenvalue weighted by molar-refractivity contribution is 6.31. The number of pyridine rings is 1. The number of aryl methyl sites for hydroxylation is 1. The smallest absolute Gasteiger partial charge is 0.392 e. The first-order valence-corrected chi connectivity index (χ1v) is 6.49. The van der Waals surface area contributed by atoms with Crippen LogP contribution in [0.25, 0.3) is 5.65 Å². The number of nitrogens with zero attached hydrogens (tertiary/aromatic N) is 3. The standard InChI is InChI=1S/C14H10ClN3O3/c1-9-8-10(5-6-11(9)15)21-13-14(18(19)20)17-7-3-2-4-12(17)16-13/h2-8H,1H3. The Morgan fingerprint density at radius 2 is 2.14 bits per heavy atom. The summed E-state index contributed by atoms with van der Waals surface area (Å²) in [6, 6.07) is 10.1. The Kier molecular flexibility index (Phi) is 3.23. The molecule has 0 N–H and O–H groups in total. The summed E-state index contributed by atoms with van der Waals surface area (Å²) in [7, 11) is 0. The van der Waals surface area contributed by atoms with Crippen LogP contribution in [-0.2, 0) is 0 Å². The average molecular weight is 304 g/mol. The number of ether oxygens (including phenoxy) is 1. The van der Waals surface area contributed by atoms with E-state index >= 15 is 0 Å². The molecule has 7 heteroatoms. The number of nitro groups is 1. The van der Waals surface area contributed by atoms with E-state index in [9.17, 15) is 10.1 Å². The molecule has 0 saturated carbocycles. The van der Waals surface area contributed by atoms with Gasteiger partial charge in [-0.05, 0) is 41.7 Å². The van der Waals surface area contributed by atoms with Crippen LogP contribution in [0.5, 0.6) is 11.6 Å². The van der Waals surface area contributed by atoms with Gasteiger partial charge < -0.3 is 14.9 Å². The van der Waals surface area contributed by atoms with Crippen LogP contribution in [0.2, 0.25) is 5.02 Å². The molecule has 3 aromatic rings. The lowest BCUT2D eigenvalue weighted by Crippen LogP contribution is -1.96. The van der Waals surface area contributed by atoms with Crippen molar-refractivity contribution in [3.8, 4) is 11.6 Å². The number of rotatable bonds is 3. The Balaban J connectivity index is 2.09. The van der Waals surface area contributed by atoms with Crippen LogP contribution >= 0.6 is 11.6 Å². The van der Waals surface area contributed by atoms with E-state index in [1.807, 2.05) is 6.92 Å². The number of hydrogen-bond acceptors (Lipinski definition) is 4. The largest absolute Gasteiger partial charge is 0.433 e. The van der Waals surface area contributed by atoms with E-state index in [1.165, 1.54) is 4.40 Å². The molecule has 21 heavy (non-hydrogen) atoms. The van der Waals surface area contributed by atoms with Crippen molar-refractivity contribution in [1.82, 2.24) is 9.38 Å². The highest BCUT2D eigenvalue weighted by Crippen LogP contribution is 2.32. The molecule has 0 aliphatic carbocycles. The third-order valence-corrected chi connectivity index (χ3v) is 3.41. The first kappa shape index (κ1) is 13.4.